The van der Waals surface area contributed by atoms with Crippen LogP contribution in [0.25, 0.3) is 0 Å². The average molecular weight is 301 g/mol. The highest BCUT2D eigenvalue weighted by Gasteiger charge is 2.10. The second-order valence-corrected chi connectivity index (χ2v) is 5.27. The van der Waals surface area contributed by atoms with Gasteiger partial charge in [0.15, 0.2) is 0 Å². The molecule has 4 heteroatoms. The Labute approximate surface area is 130 Å². The first-order valence-corrected chi connectivity index (χ1v) is 7.26. The number of rotatable bonds is 6. The lowest BCUT2D eigenvalue weighted by Gasteiger charge is -2.12. The van der Waals surface area contributed by atoms with Gasteiger partial charge in [-0.2, -0.15) is 0 Å². The van der Waals surface area contributed by atoms with Crippen molar-refractivity contribution in [1.29, 1.82) is 0 Å². The third kappa shape index (κ3) is 4.58. The van der Waals surface area contributed by atoms with Crippen LogP contribution in [0.15, 0.2) is 48.5 Å². The number of halogens is 1. The minimum absolute atomic E-state index is 0.0268. The van der Waals surface area contributed by atoms with Crippen LogP contribution in [0.1, 0.15) is 30.4 Å². The number of benzene rings is 2. The van der Waals surface area contributed by atoms with Crippen molar-refractivity contribution in [1.82, 2.24) is 5.32 Å². The molecule has 0 radical (unpaired) electrons. The molecule has 0 saturated heterocycles. The first-order chi connectivity index (χ1) is 10.6. The maximum Gasteiger partial charge on any atom is 0.220 e. The Morgan fingerprint density at radius 2 is 1.95 bits per heavy atom. The van der Waals surface area contributed by atoms with Gasteiger partial charge in [0.2, 0.25) is 5.91 Å². The van der Waals surface area contributed by atoms with E-state index in [-0.39, 0.29) is 17.6 Å². The van der Waals surface area contributed by atoms with Crippen LogP contribution in [-0.4, -0.2) is 13.0 Å². The molecule has 2 aromatic carbocycles. The van der Waals surface area contributed by atoms with E-state index in [9.17, 15) is 9.18 Å². The van der Waals surface area contributed by atoms with Gasteiger partial charge in [0, 0.05) is 13.5 Å². The number of hydrogen-bond donors (Lipinski definition) is 1. The van der Waals surface area contributed by atoms with Gasteiger partial charge in [0.1, 0.15) is 18.2 Å². The molecule has 3 nitrogen and oxygen atoms in total. The molecule has 0 aliphatic heterocycles. The molecule has 0 saturated carbocycles. The van der Waals surface area contributed by atoms with Crippen molar-refractivity contribution >= 4 is 5.91 Å². The highest BCUT2D eigenvalue weighted by atomic mass is 19.1. The Hall–Kier alpha value is -2.36. The van der Waals surface area contributed by atoms with Crippen LogP contribution in [0.5, 0.6) is 5.75 Å². The zero-order valence-corrected chi connectivity index (χ0v) is 12.8. The maximum atomic E-state index is 13.1. The Balaban J connectivity index is 1.93. The second-order valence-electron chi connectivity index (χ2n) is 5.27. The molecule has 1 N–H and O–H groups in total. The van der Waals surface area contributed by atoms with Crippen LogP contribution >= 0.6 is 0 Å². The van der Waals surface area contributed by atoms with Crippen LogP contribution in [0.2, 0.25) is 0 Å². The van der Waals surface area contributed by atoms with E-state index in [1.165, 1.54) is 12.1 Å². The lowest BCUT2D eigenvalue weighted by molar-refractivity contribution is -0.120. The van der Waals surface area contributed by atoms with Gasteiger partial charge in [-0.1, -0.05) is 31.2 Å². The van der Waals surface area contributed by atoms with Gasteiger partial charge in [-0.05, 0) is 41.3 Å². The number of nitrogens with one attached hydrogen (secondary N) is 1. The van der Waals surface area contributed by atoms with Crippen LogP contribution in [0.3, 0.4) is 0 Å². The van der Waals surface area contributed by atoms with E-state index in [4.69, 9.17) is 4.74 Å². The molecule has 0 bridgehead atoms. The smallest absolute Gasteiger partial charge is 0.220 e. The molecular formula is C18H20FNO2. The largest absolute Gasteiger partial charge is 0.489 e. The summed E-state index contributed by atoms with van der Waals surface area (Å²) >= 11 is 0. The zero-order valence-electron chi connectivity index (χ0n) is 12.8. The summed E-state index contributed by atoms with van der Waals surface area (Å²) in [6.07, 6.45) is 0.458. The van der Waals surface area contributed by atoms with Crippen molar-refractivity contribution < 1.29 is 13.9 Å². The summed E-state index contributed by atoms with van der Waals surface area (Å²) < 4.78 is 18.7. The third-order valence-electron chi connectivity index (χ3n) is 3.51. The van der Waals surface area contributed by atoms with Crippen molar-refractivity contribution in [3.63, 3.8) is 0 Å². The summed E-state index contributed by atoms with van der Waals surface area (Å²) in [5.74, 6) is 0.635. The lowest BCUT2D eigenvalue weighted by atomic mass is 9.97. The normalized spacial score (nSPS) is 11.8. The summed E-state index contributed by atoms with van der Waals surface area (Å²) in [4.78, 5) is 11.4. The average Bonchev–Trinajstić information content (AvgIpc) is 2.53. The molecule has 0 heterocycles. The molecule has 22 heavy (non-hydrogen) atoms. The minimum Gasteiger partial charge on any atom is -0.489 e. The van der Waals surface area contributed by atoms with Crippen molar-refractivity contribution in [2.75, 3.05) is 7.05 Å². The molecule has 1 atom stereocenters. The molecule has 0 fully saturated rings. The number of carbonyl (C=O) groups is 1. The zero-order chi connectivity index (χ0) is 15.9. The van der Waals surface area contributed by atoms with Crippen LogP contribution in [-0.2, 0) is 11.4 Å². The Morgan fingerprint density at radius 3 is 2.59 bits per heavy atom. The number of amides is 1. The predicted molar refractivity (Wildman–Crippen MR) is 84.3 cm³/mol. The molecule has 1 amide bonds. The summed E-state index contributed by atoms with van der Waals surface area (Å²) in [6, 6.07) is 14.0. The SMILES string of the molecule is CNC(=O)CC(C)c1ccc(OCc2cccc(F)c2)cc1. The molecule has 2 aromatic rings. The van der Waals surface area contributed by atoms with Gasteiger partial charge in [0.05, 0.1) is 0 Å². The fourth-order valence-corrected chi connectivity index (χ4v) is 2.18. The van der Waals surface area contributed by atoms with Gasteiger partial charge >= 0.3 is 0 Å². The second kappa shape index (κ2) is 7.59. The van der Waals surface area contributed by atoms with E-state index >= 15 is 0 Å². The molecule has 1 unspecified atom stereocenters. The van der Waals surface area contributed by atoms with E-state index in [1.807, 2.05) is 37.3 Å². The monoisotopic (exact) mass is 301 g/mol. The summed E-state index contributed by atoms with van der Waals surface area (Å²) in [6.45, 7) is 2.34. The van der Waals surface area contributed by atoms with Crippen molar-refractivity contribution in [3.05, 3.63) is 65.5 Å². The Morgan fingerprint density at radius 1 is 1.23 bits per heavy atom. The third-order valence-corrected chi connectivity index (χ3v) is 3.51. The van der Waals surface area contributed by atoms with Crippen molar-refractivity contribution in [3.8, 4) is 5.75 Å². The first kappa shape index (κ1) is 16.0. The standard InChI is InChI=1S/C18H20FNO2/c1-13(10-18(21)20-2)15-6-8-17(9-7-15)22-12-14-4-3-5-16(19)11-14/h3-9,11,13H,10,12H2,1-2H3,(H,20,21). The number of carbonyl (C=O) groups excluding carboxylic acids is 1. The molecule has 0 aromatic heterocycles. The molecule has 2 rings (SSSR count). The Kier molecular flexibility index (Phi) is 5.53. The fourth-order valence-electron chi connectivity index (χ4n) is 2.18. The van der Waals surface area contributed by atoms with E-state index in [2.05, 4.69) is 5.32 Å². The van der Waals surface area contributed by atoms with Gasteiger partial charge < -0.3 is 10.1 Å². The molecule has 116 valence electrons. The highest BCUT2D eigenvalue weighted by Crippen LogP contribution is 2.22. The quantitative estimate of drug-likeness (QED) is 0.884. The van der Waals surface area contributed by atoms with E-state index < -0.39 is 0 Å². The van der Waals surface area contributed by atoms with Crippen LogP contribution < -0.4 is 10.1 Å². The maximum absolute atomic E-state index is 13.1. The number of hydrogen-bond acceptors (Lipinski definition) is 2. The topological polar surface area (TPSA) is 38.3 Å². The van der Waals surface area contributed by atoms with Gasteiger partial charge in [0.25, 0.3) is 0 Å². The number of ether oxygens (including phenoxy) is 1. The molecule has 0 spiro atoms. The fraction of sp³-hybridized carbons (Fsp3) is 0.278. The molecule has 0 aliphatic carbocycles. The summed E-state index contributed by atoms with van der Waals surface area (Å²) in [7, 11) is 1.64. The van der Waals surface area contributed by atoms with Gasteiger partial charge in [-0.3, -0.25) is 4.79 Å². The first-order valence-electron chi connectivity index (χ1n) is 7.26. The predicted octanol–water partition coefficient (Wildman–Crippen LogP) is 3.64. The molecular weight excluding hydrogens is 281 g/mol. The summed E-state index contributed by atoms with van der Waals surface area (Å²) in [5.41, 5.74) is 1.87. The van der Waals surface area contributed by atoms with E-state index in [0.29, 0.717) is 13.0 Å². The highest BCUT2D eigenvalue weighted by molar-refractivity contribution is 5.76. The van der Waals surface area contributed by atoms with Crippen molar-refractivity contribution in [2.24, 2.45) is 0 Å². The minimum atomic E-state index is -0.264. The Bertz CT molecular complexity index is 625. The van der Waals surface area contributed by atoms with Gasteiger partial charge in [-0.15, -0.1) is 0 Å². The molecule has 0 aliphatic rings. The van der Waals surface area contributed by atoms with Crippen LogP contribution in [0, 0.1) is 5.82 Å². The van der Waals surface area contributed by atoms with Crippen LogP contribution in [0.4, 0.5) is 4.39 Å². The van der Waals surface area contributed by atoms with E-state index in [0.717, 1.165) is 16.9 Å². The lowest BCUT2D eigenvalue weighted by Crippen LogP contribution is -2.19. The van der Waals surface area contributed by atoms with Crippen molar-refractivity contribution in [2.45, 2.75) is 25.9 Å². The van der Waals surface area contributed by atoms with Gasteiger partial charge in [-0.25, -0.2) is 4.39 Å². The van der Waals surface area contributed by atoms with E-state index in [1.54, 1.807) is 13.1 Å². The summed E-state index contributed by atoms with van der Waals surface area (Å²) in [5, 5.41) is 2.63.